The number of hydrogen-bond acceptors (Lipinski definition) is 7. The van der Waals surface area contributed by atoms with E-state index in [9.17, 15) is 20.4 Å². The lowest BCUT2D eigenvalue weighted by Gasteiger charge is -2.40. The number of aliphatic hydroxyl groups is 4. The van der Waals surface area contributed by atoms with E-state index in [1.807, 2.05) is 0 Å². The Morgan fingerprint density at radius 2 is 1.70 bits per heavy atom. The molecule has 0 aromatic heterocycles. The minimum absolute atomic E-state index is 0.0268. The normalized spacial score (nSPS) is 37.2. The molecular weight excluding hydrogens is 376 g/mol. The summed E-state index contributed by atoms with van der Waals surface area (Å²) in [6, 6.07) is 5.00. The molecule has 2 fully saturated rings. The van der Waals surface area contributed by atoms with E-state index in [2.05, 4.69) is 0 Å². The molecule has 1 heterocycles. The van der Waals surface area contributed by atoms with Crippen molar-refractivity contribution in [3.05, 3.63) is 28.8 Å². The Morgan fingerprint density at radius 1 is 1.04 bits per heavy atom. The molecule has 1 aromatic rings. The fraction of sp³-hybridized carbons (Fsp3) is 0.684. The highest BCUT2D eigenvalue weighted by molar-refractivity contribution is 6.32. The molecular formula is C19H27ClO7. The van der Waals surface area contributed by atoms with Crippen molar-refractivity contribution in [2.45, 2.75) is 68.4 Å². The second-order valence-corrected chi connectivity index (χ2v) is 7.60. The summed E-state index contributed by atoms with van der Waals surface area (Å²) in [7, 11) is 1.71. The van der Waals surface area contributed by atoms with Gasteiger partial charge in [0.25, 0.3) is 0 Å². The van der Waals surface area contributed by atoms with Crippen molar-refractivity contribution in [3.8, 4) is 5.75 Å². The molecule has 7 nitrogen and oxygen atoms in total. The molecule has 152 valence electrons. The van der Waals surface area contributed by atoms with Crippen molar-refractivity contribution < 1.29 is 34.6 Å². The zero-order valence-corrected chi connectivity index (χ0v) is 16.0. The molecule has 3 rings (SSSR count). The first kappa shape index (κ1) is 20.8. The van der Waals surface area contributed by atoms with Gasteiger partial charge in [0.1, 0.15) is 36.3 Å². The minimum Gasteiger partial charge on any atom is -0.489 e. The maximum absolute atomic E-state index is 10.3. The molecule has 0 radical (unpaired) electrons. The van der Waals surface area contributed by atoms with Crippen LogP contribution in [0, 0.1) is 0 Å². The monoisotopic (exact) mass is 402 g/mol. The van der Waals surface area contributed by atoms with Gasteiger partial charge >= 0.3 is 0 Å². The van der Waals surface area contributed by atoms with Crippen LogP contribution in [-0.2, 0) is 9.47 Å². The van der Waals surface area contributed by atoms with Gasteiger partial charge in [-0.05, 0) is 43.4 Å². The van der Waals surface area contributed by atoms with Gasteiger partial charge < -0.3 is 34.6 Å². The van der Waals surface area contributed by atoms with E-state index in [0.717, 1.165) is 25.7 Å². The molecule has 1 saturated heterocycles. The lowest BCUT2D eigenvalue weighted by Crippen LogP contribution is -2.55. The molecule has 1 aliphatic carbocycles. The molecule has 0 spiro atoms. The molecule has 0 unspecified atom stereocenters. The van der Waals surface area contributed by atoms with Crippen molar-refractivity contribution in [1.82, 2.24) is 0 Å². The van der Waals surface area contributed by atoms with Gasteiger partial charge in [0, 0.05) is 7.11 Å². The summed E-state index contributed by atoms with van der Waals surface area (Å²) in [6.45, 7) is -0.471. The molecule has 8 heteroatoms. The fourth-order valence-corrected chi connectivity index (χ4v) is 3.89. The van der Waals surface area contributed by atoms with Crippen molar-refractivity contribution in [2.75, 3.05) is 13.7 Å². The third kappa shape index (κ3) is 4.56. The third-order valence-electron chi connectivity index (χ3n) is 5.42. The predicted molar refractivity (Wildman–Crippen MR) is 97.9 cm³/mol. The first-order valence-electron chi connectivity index (χ1n) is 9.24. The van der Waals surface area contributed by atoms with E-state index >= 15 is 0 Å². The fourth-order valence-electron chi connectivity index (χ4n) is 3.73. The molecule has 1 saturated carbocycles. The average molecular weight is 403 g/mol. The molecule has 1 aromatic carbocycles. The number of hydrogen-bond donors (Lipinski definition) is 4. The second kappa shape index (κ2) is 9.05. The molecule has 5 atom stereocenters. The van der Waals surface area contributed by atoms with Gasteiger partial charge in [-0.25, -0.2) is 0 Å². The van der Waals surface area contributed by atoms with Crippen LogP contribution >= 0.6 is 11.6 Å². The average Bonchev–Trinajstić information content (AvgIpc) is 2.69. The Labute approximate surface area is 163 Å². The van der Waals surface area contributed by atoms with Crippen molar-refractivity contribution in [3.63, 3.8) is 0 Å². The standard InChI is InChI=1S/C19H27ClO7/c1-25-11-3-5-12(6-4-11)26-14-8-10(2-7-13(14)20)19-18(24)17(23)16(22)15(9-21)27-19/h2,7-8,11-12,15-19,21-24H,3-6,9H2,1H3/t11?,12?,15-,16-,17+,18-,19+/m1/s1. The first-order chi connectivity index (χ1) is 12.9. The van der Waals surface area contributed by atoms with Crippen LogP contribution in [0.15, 0.2) is 18.2 Å². The van der Waals surface area contributed by atoms with E-state index in [1.165, 1.54) is 0 Å². The summed E-state index contributed by atoms with van der Waals surface area (Å²) < 4.78 is 17.0. The molecule has 1 aliphatic heterocycles. The summed E-state index contributed by atoms with van der Waals surface area (Å²) in [5.41, 5.74) is 0.553. The highest BCUT2D eigenvalue weighted by Gasteiger charge is 2.44. The molecule has 0 amide bonds. The second-order valence-electron chi connectivity index (χ2n) is 7.19. The van der Waals surface area contributed by atoms with E-state index in [4.69, 9.17) is 25.8 Å². The summed E-state index contributed by atoms with van der Waals surface area (Å²) >= 11 is 6.27. The van der Waals surface area contributed by atoms with Gasteiger partial charge in [0.15, 0.2) is 0 Å². The summed E-state index contributed by atoms with van der Waals surface area (Å²) in [5.74, 6) is 0.479. The Kier molecular flexibility index (Phi) is 6.97. The van der Waals surface area contributed by atoms with Crippen LogP contribution in [0.1, 0.15) is 37.4 Å². The first-order valence-corrected chi connectivity index (χ1v) is 9.61. The lowest BCUT2D eigenvalue weighted by atomic mass is 9.91. The topological polar surface area (TPSA) is 109 Å². The molecule has 2 aliphatic rings. The smallest absolute Gasteiger partial charge is 0.138 e. The van der Waals surface area contributed by atoms with Crippen molar-refractivity contribution in [2.24, 2.45) is 0 Å². The Hall–Kier alpha value is -0.930. The number of benzene rings is 1. The van der Waals surface area contributed by atoms with Crippen LogP contribution in [0.25, 0.3) is 0 Å². The summed E-state index contributed by atoms with van der Waals surface area (Å²) in [6.07, 6.45) is -2.17. The van der Waals surface area contributed by atoms with Crippen LogP contribution in [-0.4, -0.2) is 70.8 Å². The van der Waals surface area contributed by atoms with Crippen LogP contribution in [0.5, 0.6) is 5.75 Å². The number of rotatable bonds is 5. The Balaban J connectivity index is 1.74. The van der Waals surface area contributed by atoms with Gasteiger partial charge in [-0.1, -0.05) is 17.7 Å². The highest BCUT2D eigenvalue weighted by atomic mass is 35.5. The zero-order valence-electron chi connectivity index (χ0n) is 15.2. The summed E-state index contributed by atoms with van der Waals surface area (Å²) in [4.78, 5) is 0. The van der Waals surface area contributed by atoms with Gasteiger partial charge in [0.2, 0.25) is 0 Å². The third-order valence-corrected chi connectivity index (χ3v) is 5.74. The Bertz CT molecular complexity index is 618. The zero-order chi connectivity index (χ0) is 19.6. The van der Waals surface area contributed by atoms with Crippen LogP contribution in [0.2, 0.25) is 5.02 Å². The Morgan fingerprint density at radius 3 is 2.33 bits per heavy atom. The van der Waals surface area contributed by atoms with Gasteiger partial charge in [-0.3, -0.25) is 0 Å². The van der Waals surface area contributed by atoms with Crippen LogP contribution in [0.3, 0.4) is 0 Å². The van der Waals surface area contributed by atoms with Gasteiger partial charge in [-0.15, -0.1) is 0 Å². The number of ether oxygens (including phenoxy) is 3. The van der Waals surface area contributed by atoms with E-state index in [0.29, 0.717) is 16.3 Å². The van der Waals surface area contributed by atoms with E-state index < -0.39 is 37.1 Å². The maximum Gasteiger partial charge on any atom is 0.138 e. The van der Waals surface area contributed by atoms with Crippen molar-refractivity contribution in [1.29, 1.82) is 0 Å². The minimum atomic E-state index is -1.43. The molecule has 4 N–H and O–H groups in total. The number of halogens is 1. The maximum atomic E-state index is 10.3. The van der Waals surface area contributed by atoms with E-state index in [-0.39, 0.29) is 12.2 Å². The van der Waals surface area contributed by atoms with Crippen LogP contribution in [0.4, 0.5) is 0 Å². The molecule has 0 bridgehead atoms. The lowest BCUT2D eigenvalue weighted by molar-refractivity contribution is -0.231. The SMILES string of the molecule is COC1CCC(Oc2cc([C@@H]3O[C@H](CO)[C@@H](O)[C@H](O)[C@H]3O)ccc2Cl)CC1. The largest absolute Gasteiger partial charge is 0.489 e. The number of aliphatic hydroxyl groups excluding tert-OH is 4. The van der Waals surface area contributed by atoms with Gasteiger partial charge in [0.05, 0.1) is 23.8 Å². The molecule has 27 heavy (non-hydrogen) atoms. The van der Waals surface area contributed by atoms with E-state index in [1.54, 1.807) is 25.3 Å². The summed E-state index contributed by atoms with van der Waals surface area (Å²) in [5, 5.41) is 40.0. The van der Waals surface area contributed by atoms with Crippen LogP contribution < -0.4 is 4.74 Å². The van der Waals surface area contributed by atoms with Gasteiger partial charge in [-0.2, -0.15) is 0 Å². The predicted octanol–water partition coefficient (Wildman–Crippen LogP) is 1.19. The highest BCUT2D eigenvalue weighted by Crippen LogP contribution is 2.37. The number of methoxy groups -OCH3 is 1. The van der Waals surface area contributed by atoms with Crippen molar-refractivity contribution >= 4 is 11.6 Å². The quantitative estimate of drug-likeness (QED) is 0.585.